The Kier molecular flexibility index (Phi) is 4.96. The van der Waals surface area contributed by atoms with E-state index in [1.807, 2.05) is 30.4 Å². The molecule has 2 N–H and O–H groups in total. The fraction of sp³-hybridized carbons (Fsp3) is 0.312. The van der Waals surface area contributed by atoms with Crippen LogP contribution < -0.4 is 5.73 Å². The largest absolute Gasteiger partial charge is 0.369 e. The van der Waals surface area contributed by atoms with Gasteiger partial charge in [0, 0.05) is 26.2 Å². The number of aromatic nitrogens is 2. The predicted molar refractivity (Wildman–Crippen MR) is 85.6 cm³/mol. The fourth-order valence-electron chi connectivity index (χ4n) is 2.40. The van der Waals surface area contributed by atoms with Crippen LogP contribution in [0.25, 0.3) is 11.0 Å². The molecule has 0 spiro atoms. The highest BCUT2D eigenvalue weighted by Gasteiger charge is 2.07. The molecule has 1 aromatic heterocycles. The second-order valence-corrected chi connectivity index (χ2v) is 4.80. The molecule has 20 heavy (non-hydrogen) atoms. The number of nitrogens with zero attached hydrogens (tertiary/aromatic N) is 3. The molecular weight excluding hydrogens is 248 g/mol. The van der Waals surface area contributed by atoms with Crippen molar-refractivity contribution in [1.29, 1.82) is 0 Å². The number of aryl methyl sites for hydroxylation is 1. The molecule has 2 rings (SSSR count). The van der Waals surface area contributed by atoms with E-state index < -0.39 is 0 Å². The number of rotatable bonds is 8. The van der Waals surface area contributed by atoms with E-state index in [2.05, 4.69) is 33.7 Å². The minimum atomic E-state index is 0.588. The van der Waals surface area contributed by atoms with E-state index in [0.29, 0.717) is 5.95 Å². The Morgan fingerprint density at radius 2 is 1.90 bits per heavy atom. The molecule has 0 radical (unpaired) electrons. The monoisotopic (exact) mass is 270 g/mol. The Morgan fingerprint density at radius 3 is 2.60 bits per heavy atom. The third-order valence-corrected chi connectivity index (χ3v) is 3.31. The fourth-order valence-corrected chi connectivity index (χ4v) is 2.40. The number of hydrogen-bond acceptors (Lipinski definition) is 3. The van der Waals surface area contributed by atoms with Crippen LogP contribution in [0.1, 0.15) is 6.42 Å². The topological polar surface area (TPSA) is 47.1 Å². The Morgan fingerprint density at radius 1 is 1.20 bits per heavy atom. The summed E-state index contributed by atoms with van der Waals surface area (Å²) in [7, 11) is 0. The number of hydrogen-bond donors (Lipinski definition) is 1. The molecule has 4 nitrogen and oxygen atoms in total. The maximum Gasteiger partial charge on any atom is 0.201 e. The van der Waals surface area contributed by atoms with Crippen LogP contribution in [0.4, 0.5) is 5.95 Å². The van der Waals surface area contributed by atoms with Gasteiger partial charge in [0.25, 0.3) is 0 Å². The average Bonchev–Trinajstić information content (AvgIpc) is 2.76. The van der Waals surface area contributed by atoms with Crippen molar-refractivity contribution in [3.63, 3.8) is 0 Å². The van der Waals surface area contributed by atoms with Crippen LogP contribution in [-0.2, 0) is 6.54 Å². The molecule has 0 saturated heterocycles. The SMILES string of the molecule is C=CCN(CC=C)CCCn1c(N)nc2ccccc21. The first-order chi connectivity index (χ1) is 9.76. The Labute approximate surface area is 120 Å². The van der Waals surface area contributed by atoms with Gasteiger partial charge in [-0.3, -0.25) is 4.90 Å². The first-order valence-electron chi connectivity index (χ1n) is 6.91. The van der Waals surface area contributed by atoms with Crippen molar-refractivity contribution in [2.24, 2.45) is 0 Å². The van der Waals surface area contributed by atoms with Crippen molar-refractivity contribution in [3.8, 4) is 0 Å². The van der Waals surface area contributed by atoms with Crippen molar-refractivity contribution in [2.45, 2.75) is 13.0 Å². The number of para-hydroxylation sites is 2. The van der Waals surface area contributed by atoms with Gasteiger partial charge in [-0.2, -0.15) is 0 Å². The number of imidazole rings is 1. The van der Waals surface area contributed by atoms with Gasteiger partial charge < -0.3 is 10.3 Å². The molecule has 0 aliphatic carbocycles. The van der Waals surface area contributed by atoms with Crippen LogP contribution in [-0.4, -0.2) is 34.1 Å². The summed E-state index contributed by atoms with van der Waals surface area (Å²) in [4.78, 5) is 6.68. The summed E-state index contributed by atoms with van der Waals surface area (Å²) in [5.74, 6) is 0.588. The molecule has 0 saturated carbocycles. The molecule has 0 unspecified atom stereocenters. The first kappa shape index (κ1) is 14.3. The molecule has 2 aromatic rings. The summed E-state index contributed by atoms with van der Waals surface area (Å²) < 4.78 is 2.08. The van der Waals surface area contributed by atoms with E-state index in [-0.39, 0.29) is 0 Å². The molecule has 0 amide bonds. The van der Waals surface area contributed by atoms with Gasteiger partial charge in [0.05, 0.1) is 11.0 Å². The maximum absolute atomic E-state index is 5.99. The first-order valence-corrected chi connectivity index (χ1v) is 6.91. The maximum atomic E-state index is 5.99. The molecule has 0 atom stereocenters. The van der Waals surface area contributed by atoms with E-state index in [1.165, 1.54) is 0 Å². The standard InChI is InChI=1S/C16H22N4/c1-3-10-19(11-4-2)12-7-13-20-15-9-6-5-8-14(15)18-16(20)17/h3-6,8-9H,1-2,7,10-13H2,(H2,17,18). The molecule has 4 heteroatoms. The van der Waals surface area contributed by atoms with E-state index >= 15 is 0 Å². The minimum Gasteiger partial charge on any atom is -0.369 e. The lowest BCUT2D eigenvalue weighted by Crippen LogP contribution is -2.26. The smallest absolute Gasteiger partial charge is 0.201 e. The molecule has 1 aromatic carbocycles. The number of fused-ring (bicyclic) bond motifs is 1. The number of anilines is 1. The van der Waals surface area contributed by atoms with Crippen molar-refractivity contribution in [2.75, 3.05) is 25.4 Å². The van der Waals surface area contributed by atoms with Gasteiger partial charge >= 0.3 is 0 Å². The molecule has 0 aliphatic heterocycles. The zero-order chi connectivity index (χ0) is 14.4. The van der Waals surface area contributed by atoms with Crippen molar-refractivity contribution in [1.82, 2.24) is 14.5 Å². The Hall–Kier alpha value is -2.07. The van der Waals surface area contributed by atoms with Gasteiger partial charge in [0.15, 0.2) is 0 Å². The molecule has 0 bridgehead atoms. The lowest BCUT2D eigenvalue weighted by molar-refractivity contribution is 0.323. The summed E-state index contributed by atoms with van der Waals surface area (Å²) in [6.07, 6.45) is 4.86. The Balaban J connectivity index is 2.00. The highest BCUT2D eigenvalue weighted by atomic mass is 15.2. The summed E-state index contributed by atoms with van der Waals surface area (Å²) >= 11 is 0. The van der Waals surface area contributed by atoms with Gasteiger partial charge in [0.1, 0.15) is 0 Å². The lowest BCUT2D eigenvalue weighted by Gasteiger charge is -2.18. The number of nitrogens with two attached hydrogens (primary N) is 1. The number of benzene rings is 1. The third kappa shape index (κ3) is 3.27. The van der Waals surface area contributed by atoms with E-state index in [9.17, 15) is 0 Å². The zero-order valence-electron chi connectivity index (χ0n) is 11.8. The highest BCUT2D eigenvalue weighted by Crippen LogP contribution is 2.17. The minimum absolute atomic E-state index is 0.588. The van der Waals surface area contributed by atoms with Gasteiger partial charge in [0.2, 0.25) is 5.95 Å². The number of nitrogen functional groups attached to an aromatic ring is 1. The summed E-state index contributed by atoms with van der Waals surface area (Å²) in [6.45, 7) is 11.2. The van der Waals surface area contributed by atoms with Crippen LogP contribution >= 0.6 is 0 Å². The van der Waals surface area contributed by atoms with Crippen LogP contribution in [0.5, 0.6) is 0 Å². The summed E-state index contributed by atoms with van der Waals surface area (Å²) in [6, 6.07) is 8.05. The second kappa shape index (κ2) is 6.91. The van der Waals surface area contributed by atoms with Crippen LogP contribution in [0.2, 0.25) is 0 Å². The third-order valence-electron chi connectivity index (χ3n) is 3.31. The summed E-state index contributed by atoms with van der Waals surface area (Å²) in [5.41, 5.74) is 8.05. The Bertz CT molecular complexity index is 575. The van der Waals surface area contributed by atoms with Crippen molar-refractivity contribution >= 4 is 17.0 Å². The van der Waals surface area contributed by atoms with Crippen LogP contribution in [0.15, 0.2) is 49.6 Å². The molecule has 106 valence electrons. The quantitative estimate of drug-likeness (QED) is 0.750. The second-order valence-electron chi connectivity index (χ2n) is 4.80. The van der Waals surface area contributed by atoms with E-state index in [4.69, 9.17) is 5.73 Å². The van der Waals surface area contributed by atoms with Crippen LogP contribution in [0, 0.1) is 0 Å². The summed E-state index contributed by atoms with van der Waals surface area (Å²) in [5, 5.41) is 0. The predicted octanol–water partition coefficient (Wildman–Crippen LogP) is 2.68. The molecule has 0 fully saturated rings. The highest BCUT2D eigenvalue weighted by molar-refractivity contribution is 5.78. The molecular formula is C16H22N4. The normalized spacial score (nSPS) is 11.1. The van der Waals surface area contributed by atoms with Gasteiger partial charge in [-0.15, -0.1) is 13.2 Å². The van der Waals surface area contributed by atoms with Crippen molar-refractivity contribution in [3.05, 3.63) is 49.6 Å². The molecule has 0 aliphatic rings. The van der Waals surface area contributed by atoms with E-state index in [1.54, 1.807) is 0 Å². The van der Waals surface area contributed by atoms with Gasteiger partial charge in [-0.05, 0) is 18.6 Å². The van der Waals surface area contributed by atoms with Gasteiger partial charge in [-0.1, -0.05) is 24.3 Å². The lowest BCUT2D eigenvalue weighted by atomic mass is 10.3. The van der Waals surface area contributed by atoms with Crippen molar-refractivity contribution < 1.29 is 0 Å². The zero-order valence-corrected chi connectivity index (χ0v) is 11.8. The van der Waals surface area contributed by atoms with E-state index in [0.717, 1.165) is 43.6 Å². The van der Waals surface area contributed by atoms with Gasteiger partial charge in [-0.25, -0.2) is 4.98 Å². The average molecular weight is 270 g/mol. The van der Waals surface area contributed by atoms with Crippen LogP contribution in [0.3, 0.4) is 0 Å². The molecule has 1 heterocycles.